The van der Waals surface area contributed by atoms with Crippen molar-refractivity contribution >= 4 is 29.7 Å². The summed E-state index contributed by atoms with van der Waals surface area (Å²) in [6.07, 6.45) is 1.63. The van der Waals surface area contributed by atoms with Gasteiger partial charge in [0.15, 0.2) is 11.5 Å². The second kappa shape index (κ2) is 11.0. The van der Waals surface area contributed by atoms with E-state index >= 15 is 0 Å². The molecule has 0 fully saturated rings. The lowest BCUT2D eigenvalue weighted by atomic mass is 10.1. The zero-order valence-electron chi connectivity index (χ0n) is 17.5. The van der Waals surface area contributed by atoms with Gasteiger partial charge in [0.1, 0.15) is 5.75 Å². The molecule has 3 rings (SSSR count). The number of nitrogens with zero attached hydrogens (tertiary/aromatic N) is 1. The standard InChI is InChI=1S/C24H21ClN2O5/c1-30-21-12-5-17(13-22(21)31-2)14-23(28)27-26-15-16-3-10-20(11-4-16)32-24(29)18-6-8-19(25)9-7-18/h3-13,15H,14H2,1-2H3,(H,27,28). The van der Waals surface area contributed by atoms with Gasteiger partial charge in [0.2, 0.25) is 5.91 Å². The van der Waals surface area contributed by atoms with Crippen LogP contribution in [0.2, 0.25) is 5.02 Å². The van der Waals surface area contributed by atoms with Crippen molar-refractivity contribution in [3.63, 3.8) is 0 Å². The third kappa shape index (κ3) is 6.33. The van der Waals surface area contributed by atoms with Gasteiger partial charge in [-0.1, -0.05) is 17.7 Å². The summed E-state index contributed by atoms with van der Waals surface area (Å²) in [5, 5.41) is 4.50. The van der Waals surface area contributed by atoms with Crippen LogP contribution in [0.4, 0.5) is 0 Å². The van der Waals surface area contributed by atoms with Crippen molar-refractivity contribution < 1.29 is 23.8 Å². The number of amides is 1. The topological polar surface area (TPSA) is 86.2 Å². The van der Waals surface area contributed by atoms with Crippen molar-refractivity contribution in [1.82, 2.24) is 5.43 Å². The van der Waals surface area contributed by atoms with Crippen LogP contribution in [-0.4, -0.2) is 32.3 Å². The van der Waals surface area contributed by atoms with Gasteiger partial charge in [-0.25, -0.2) is 10.2 Å². The average Bonchev–Trinajstić information content (AvgIpc) is 2.80. The fourth-order valence-electron chi connectivity index (χ4n) is 2.77. The van der Waals surface area contributed by atoms with Crippen molar-refractivity contribution in [2.45, 2.75) is 6.42 Å². The molecule has 0 saturated carbocycles. The van der Waals surface area contributed by atoms with Crippen LogP contribution in [0.5, 0.6) is 17.2 Å². The normalized spacial score (nSPS) is 10.6. The molecule has 0 unspecified atom stereocenters. The Morgan fingerprint density at radius 3 is 2.28 bits per heavy atom. The molecule has 0 aliphatic rings. The van der Waals surface area contributed by atoms with Crippen LogP contribution in [0.15, 0.2) is 71.8 Å². The van der Waals surface area contributed by atoms with Crippen LogP contribution >= 0.6 is 11.6 Å². The van der Waals surface area contributed by atoms with Gasteiger partial charge in [-0.05, 0) is 71.8 Å². The molecule has 0 bridgehead atoms. The largest absolute Gasteiger partial charge is 0.493 e. The van der Waals surface area contributed by atoms with Crippen molar-refractivity contribution in [1.29, 1.82) is 0 Å². The van der Waals surface area contributed by atoms with E-state index in [4.69, 9.17) is 25.8 Å². The fraction of sp³-hybridized carbons (Fsp3) is 0.125. The highest BCUT2D eigenvalue weighted by atomic mass is 35.5. The van der Waals surface area contributed by atoms with E-state index in [1.165, 1.54) is 13.3 Å². The number of ether oxygens (including phenoxy) is 3. The fourth-order valence-corrected chi connectivity index (χ4v) is 2.89. The van der Waals surface area contributed by atoms with E-state index in [0.29, 0.717) is 27.8 Å². The number of carbonyl (C=O) groups excluding carboxylic acids is 2. The molecule has 32 heavy (non-hydrogen) atoms. The number of hydrazone groups is 1. The highest BCUT2D eigenvalue weighted by Crippen LogP contribution is 2.27. The smallest absolute Gasteiger partial charge is 0.343 e. The Morgan fingerprint density at radius 1 is 0.938 bits per heavy atom. The van der Waals surface area contributed by atoms with Crippen molar-refractivity contribution in [3.8, 4) is 17.2 Å². The quantitative estimate of drug-likeness (QED) is 0.239. The second-order valence-electron chi connectivity index (χ2n) is 6.62. The zero-order valence-corrected chi connectivity index (χ0v) is 18.3. The molecule has 0 heterocycles. The van der Waals surface area contributed by atoms with Gasteiger partial charge in [0.25, 0.3) is 0 Å². The summed E-state index contributed by atoms with van der Waals surface area (Å²) in [6, 6.07) is 18.4. The first-order chi connectivity index (χ1) is 15.5. The van der Waals surface area contributed by atoms with Crippen molar-refractivity contribution in [2.24, 2.45) is 5.10 Å². The van der Waals surface area contributed by atoms with Crippen LogP contribution in [0.25, 0.3) is 0 Å². The van der Waals surface area contributed by atoms with Crippen LogP contribution < -0.4 is 19.6 Å². The molecule has 0 aliphatic carbocycles. The van der Waals surface area contributed by atoms with Crippen LogP contribution in [0, 0.1) is 0 Å². The third-order valence-electron chi connectivity index (χ3n) is 4.39. The van der Waals surface area contributed by atoms with E-state index in [2.05, 4.69) is 10.5 Å². The molecule has 0 radical (unpaired) electrons. The summed E-state index contributed by atoms with van der Waals surface area (Å²) >= 11 is 5.82. The number of rotatable bonds is 8. The maximum atomic E-state index is 12.1. The first-order valence-corrected chi connectivity index (χ1v) is 9.97. The summed E-state index contributed by atoms with van der Waals surface area (Å²) in [7, 11) is 3.09. The lowest BCUT2D eigenvalue weighted by molar-refractivity contribution is -0.120. The number of nitrogens with one attached hydrogen (secondary N) is 1. The monoisotopic (exact) mass is 452 g/mol. The zero-order chi connectivity index (χ0) is 22.9. The molecule has 0 spiro atoms. The summed E-state index contributed by atoms with van der Waals surface area (Å²) in [6.45, 7) is 0. The molecule has 8 heteroatoms. The van der Waals surface area contributed by atoms with Crippen molar-refractivity contribution in [3.05, 3.63) is 88.4 Å². The molecule has 1 amide bonds. The van der Waals surface area contributed by atoms with Crippen LogP contribution in [0.3, 0.4) is 0 Å². The number of halogens is 1. The molecular formula is C24H21ClN2O5. The molecular weight excluding hydrogens is 432 g/mol. The van der Waals surface area contributed by atoms with E-state index in [0.717, 1.165) is 11.1 Å². The Bertz CT molecular complexity index is 1110. The number of benzene rings is 3. The minimum atomic E-state index is -0.481. The number of hydrogen-bond acceptors (Lipinski definition) is 6. The van der Waals surface area contributed by atoms with E-state index in [1.54, 1.807) is 73.8 Å². The maximum absolute atomic E-state index is 12.1. The molecule has 7 nitrogen and oxygen atoms in total. The third-order valence-corrected chi connectivity index (χ3v) is 4.64. The number of esters is 1. The van der Waals surface area contributed by atoms with E-state index in [1.807, 2.05) is 0 Å². The molecule has 3 aromatic carbocycles. The van der Waals surface area contributed by atoms with Gasteiger partial charge in [-0.2, -0.15) is 5.10 Å². The maximum Gasteiger partial charge on any atom is 0.343 e. The van der Waals surface area contributed by atoms with Gasteiger partial charge < -0.3 is 14.2 Å². The van der Waals surface area contributed by atoms with Gasteiger partial charge in [0.05, 0.1) is 32.4 Å². The first kappa shape index (κ1) is 22.8. The van der Waals surface area contributed by atoms with E-state index in [9.17, 15) is 9.59 Å². The second-order valence-corrected chi connectivity index (χ2v) is 7.06. The van der Waals surface area contributed by atoms with Crippen LogP contribution in [0.1, 0.15) is 21.5 Å². The SMILES string of the molecule is COc1ccc(CC(=O)NN=Cc2ccc(OC(=O)c3ccc(Cl)cc3)cc2)cc1OC. The highest BCUT2D eigenvalue weighted by molar-refractivity contribution is 6.30. The molecule has 3 aromatic rings. The van der Waals surface area contributed by atoms with E-state index in [-0.39, 0.29) is 12.3 Å². The number of methoxy groups -OCH3 is 2. The molecule has 0 atom stereocenters. The predicted octanol–water partition coefficient (Wildman–Crippen LogP) is 4.27. The van der Waals surface area contributed by atoms with Crippen LogP contribution in [-0.2, 0) is 11.2 Å². The lowest BCUT2D eigenvalue weighted by Gasteiger charge is -2.09. The summed E-state index contributed by atoms with van der Waals surface area (Å²) in [5.74, 6) is 0.780. The lowest BCUT2D eigenvalue weighted by Crippen LogP contribution is -2.19. The Hall–Kier alpha value is -3.84. The summed E-state index contributed by atoms with van der Waals surface area (Å²) < 4.78 is 15.7. The van der Waals surface area contributed by atoms with Gasteiger partial charge >= 0.3 is 5.97 Å². The van der Waals surface area contributed by atoms with Gasteiger partial charge in [-0.3, -0.25) is 4.79 Å². The first-order valence-electron chi connectivity index (χ1n) is 9.59. The van der Waals surface area contributed by atoms with Crippen molar-refractivity contribution in [2.75, 3.05) is 14.2 Å². The molecule has 164 valence electrons. The molecule has 1 N–H and O–H groups in total. The number of hydrogen-bond donors (Lipinski definition) is 1. The number of carbonyl (C=O) groups is 2. The van der Waals surface area contributed by atoms with Gasteiger partial charge in [0, 0.05) is 5.02 Å². The average molecular weight is 453 g/mol. The minimum Gasteiger partial charge on any atom is -0.493 e. The minimum absolute atomic E-state index is 0.136. The van der Waals surface area contributed by atoms with E-state index < -0.39 is 5.97 Å². The summed E-state index contributed by atoms with van der Waals surface area (Å²) in [5.41, 5.74) is 4.37. The molecule has 0 aliphatic heterocycles. The summed E-state index contributed by atoms with van der Waals surface area (Å²) in [4.78, 5) is 24.3. The predicted molar refractivity (Wildman–Crippen MR) is 122 cm³/mol. The molecule has 0 aromatic heterocycles. The Morgan fingerprint density at radius 2 is 1.62 bits per heavy atom. The Balaban J connectivity index is 1.51. The highest BCUT2D eigenvalue weighted by Gasteiger charge is 2.09. The molecule has 0 saturated heterocycles. The van der Waals surface area contributed by atoms with Gasteiger partial charge in [-0.15, -0.1) is 0 Å². The Labute approximate surface area is 190 Å². The Kier molecular flexibility index (Phi) is 7.83.